The van der Waals surface area contributed by atoms with Gasteiger partial charge in [-0.2, -0.15) is 11.3 Å². The monoisotopic (exact) mass is 435 g/mol. The van der Waals surface area contributed by atoms with Crippen LogP contribution in [0.15, 0.2) is 16.8 Å². The average molecular weight is 436 g/mol. The van der Waals surface area contributed by atoms with Crippen LogP contribution in [0, 0.1) is 5.41 Å². The third-order valence-corrected chi connectivity index (χ3v) is 6.94. The Balaban J connectivity index is 0.00000131. The van der Waals surface area contributed by atoms with Gasteiger partial charge in [-0.05, 0) is 66.7 Å². The zero-order valence-corrected chi connectivity index (χ0v) is 18.3. The summed E-state index contributed by atoms with van der Waals surface area (Å²) < 4.78 is 5.88. The fourth-order valence-corrected chi connectivity index (χ4v) is 5.13. The van der Waals surface area contributed by atoms with E-state index >= 15 is 0 Å². The van der Waals surface area contributed by atoms with Crippen molar-refractivity contribution >= 4 is 42.1 Å². The molecule has 0 radical (unpaired) electrons. The molecule has 2 unspecified atom stereocenters. The van der Waals surface area contributed by atoms with Crippen molar-refractivity contribution in [3.05, 3.63) is 22.4 Å². The molecule has 1 spiro atoms. The third kappa shape index (κ3) is 4.98. The van der Waals surface area contributed by atoms with Crippen LogP contribution in [0.4, 0.5) is 0 Å². The van der Waals surface area contributed by atoms with Crippen LogP contribution in [0.1, 0.15) is 31.7 Å². The number of thiophene rings is 1. The first-order valence-corrected chi connectivity index (χ1v) is 10.5. The Hall–Kier alpha value is -0.370. The highest BCUT2D eigenvalue weighted by atomic mass is 35.5. The predicted octanol–water partition coefficient (Wildman–Crippen LogP) is 2.78. The lowest BCUT2D eigenvalue weighted by atomic mass is 9.93. The summed E-state index contributed by atoms with van der Waals surface area (Å²) in [5.74, 6) is 0.199. The van der Waals surface area contributed by atoms with Crippen molar-refractivity contribution < 1.29 is 9.53 Å². The van der Waals surface area contributed by atoms with E-state index in [0.29, 0.717) is 18.1 Å². The smallest absolute Gasteiger partial charge is 0.253 e. The Labute approximate surface area is 178 Å². The van der Waals surface area contributed by atoms with Crippen molar-refractivity contribution in [3.8, 4) is 0 Å². The first-order valence-electron chi connectivity index (χ1n) is 9.58. The lowest BCUT2D eigenvalue weighted by molar-refractivity contribution is -0.151. The van der Waals surface area contributed by atoms with Crippen LogP contribution in [0.2, 0.25) is 0 Å². The lowest BCUT2D eigenvalue weighted by Crippen LogP contribution is -2.52. The van der Waals surface area contributed by atoms with Gasteiger partial charge in [0.2, 0.25) is 0 Å². The lowest BCUT2D eigenvalue weighted by Gasteiger charge is -2.36. The molecule has 0 bridgehead atoms. The SMILES string of the molecule is CCN1CCOC(C(=O)N(Cc2ccsc2)C2CC23CCNCC3)C1.Cl.Cl. The maximum atomic E-state index is 13.4. The summed E-state index contributed by atoms with van der Waals surface area (Å²) in [5.41, 5.74) is 1.60. The largest absolute Gasteiger partial charge is 0.366 e. The third-order valence-electron chi connectivity index (χ3n) is 6.21. The summed E-state index contributed by atoms with van der Waals surface area (Å²) >= 11 is 1.70. The number of rotatable bonds is 5. The van der Waals surface area contributed by atoms with E-state index < -0.39 is 0 Å². The number of carbonyl (C=O) groups is 1. The highest BCUT2D eigenvalue weighted by Crippen LogP contribution is 2.56. The van der Waals surface area contributed by atoms with Gasteiger partial charge in [-0.25, -0.2) is 0 Å². The van der Waals surface area contributed by atoms with Crippen LogP contribution in [-0.2, 0) is 16.1 Å². The molecule has 3 aliphatic rings. The van der Waals surface area contributed by atoms with Gasteiger partial charge < -0.3 is 15.0 Å². The van der Waals surface area contributed by atoms with Gasteiger partial charge in [0.15, 0.2) is 0 Å². The number of nitrogens with one attached hydrogen (secondary N) is 1. The molecule has 27 heavy (non-hydrogen) atoms. The van der Waals surface area contributed by atoms with Gasteiger partial charge in [0.1, 0.15) is 6.10 Å². The van der Waals surface area contributed by atoms with Crippen LogP contribution >= 0.6 is 36.2 Å². The van der Waals surface area contributed by atoms with E-state index in [1.807, 2.05) is 0 Å². The van der Waals surface area contributed by atoms with E-state index in [-0.39, 0.29) is 36.8 Å². The molecule has 3 fully saturated rings. The first-order chi connectivity index (χ1) is 12.2. The number of likely N-dealkylation sites (N-methyl/N-ethyl adjacent to an activating group) is 1. The molecule has 1 N–H and O–H groups in total. The van der Waals surface area contributed by atoms with Gasteiger partial charge in [-0.15, -0.1) is 24.8 Å². The van der Waals surface area contributed by atoms with E-state index in [1.54, 1.807) is 11.3 Å². The van der Waals surface area contributed by atoms with Gasteiger partial charge >= 0.3 is 0 Å². The summed E-state index contributed by atoms with van der Waals surface area (Å²) in [4.78, 5) is 17.8. The number of hydrogen-bond donors (Lipinski definition) is 1. The van der Waals surface area contributed by atoms with Crippen molar-refractivity contribution in [3.63, 3.8) is 0 Å². The summed E-state index contributed by atoms with van der Waals surface area (Å²) in [5, 5.41) is 7.72. The first kappa shape index (κ1) is 22.9. The molecule has 154 valence electrons. The second-order valence-corrected chi connectivity index (χ2v) is 8.46. The van der Waals surface area contributed by atoms with E-state index in [0.717, 1.165) is 45.7 Å². The number of ether oxygens (including phenoxy) is 1. The van der Waals surface area contributed by atoms with Gasteiger partial charge in [-0.3, -0.25) is 9.69 Å². The van der Waals surface area contributed by atoms with Gasteiger partial charge in [0.05, 0.1) is 6.61 Å². The van der Waals surface area contributed by atoms with Crippen LogP contribution in [0.3, 0.4) is 0 Å². The summed E-state index contributed by atoms with van der Waals surface area (Å²) in [6, 6.07) is 2.53. The topological polar surface area (TPSA) is 44.8 Å². The Morgan fingerprint density at radius 2 is 2.19 bits per heavy atom. The molecule has 5 nitrogen and oxygen atoms in total. The molecule has 3 heterocycles. The number of amides is 1. The van der Waals surface area contributed by atoms with Crippen molar-refractivity contribution in [2.75, 3.05) is 39.3 Å². The van der Waals surface area contributed by atoms with Gasteiger partial charge in [0, 0.05) is 25.7 Å². The fourth-order valence-electron chi connectivity index (χ4n) is 4.47. The molecule has 1 amide bonds. The summed E-state index contributed by atoms with van der Waals surface area (Å²) in [6.07, 6.45) is 3.25. The maximum absolute atomic E-state index is 13.4. The minimum absolute atomic E-state index is 0. The number of nitrogens with zero attached hydrogens (tertiary/aromatic N) is 2. The molecular weight excluding hydrogens is 405 g/mol. The number of halogens is 2. The minimum atomic E-state index is -0.299. The quantitative estimate of drug-likeness (QED) is 0.771. The molecule has 8 heteroatoms. The molecule has 4 rings (SSSR count). The minimum Gasteiger partial charge on any atom is -0.366 e. The molecule has 0 aromatic carbocycles. The Bertz CT molecular complexity index is 596. The average Bonchev–Trinajstić information content (AvgIpc) is 3.08. The normalized spacial score (nSPS) is 26.7. The number of carbonyl (C=O) groups excluding carboxylic acids is 1. The van der Waals surface area contributed by atoms with Crippen LogP contribution < -0.4 is 5.32 Å². The van der Waals surface area contributed by atoms with Gasteiger partial charge in [0.25, 0.3) is 5.91 Å². The van der Waals surface area contributed by atoms with Crippen LogP contribution in [0.25, 0.3) is 0 Å². The molecular formula is C19H31Cl2N3O2S. The molecule has 1 aromatic rings. The van der Waals surface area contributed by atoms with Crippen molar-refractivity contribution in [1.82, 2.24) is 15.1 Å². The second-order valence-electron chi connectivity index (χ2n) is 7.68. The fraction of sp³-hybridized carbons (Fsp3) is 0.737. The van der Waals surface area contributed by atoms with E-state index in [1.165, 1.54) is 18.4 Å². The van der Waals surface area contributed by atoms with E-state index in [4.69, 9.17) is 4.74 Å². The highest BCUT2D eigenvalue weighted by Gasteiger charge is 2.58. The molecule has 1 saturated carbocycles. The zero-order chi connectivity index (χ0) is 17.3. The molecule has 2 atom stereocenters. The standard InChI is InChI=1S/C19H29N3O2S.2ClH/c1-2-21-8-9-24-16(13-21)18(23)22(12-15-3-10-25-14-15)17-11-19(17)4-6-20-7-5-19;;/h3,10,14,16-17,20H,2,4-9,11-13H2,1H3;2*1H. The second kappa shape index (κ2) is 9.90. The number of piperidine rings is 1. The zero-order valence-electron chi connectivity index (χ0n) is 15.9. The van der Waals surface area contributed by atoms with E-state index in [9.17, 15) is 4.79 Å². The number of hydrogen-bond acceptors (Lipinski definition) is 5. The molecule has 1 aromatic heterocycles. The van der Waals surface area contributed by atoms with Gasteiger partial charge in [-0.1, -0.05) is 6.92 Å². The molecule has 2 aliphatic heterocycles. The summed E-state index contributed by atoms with van der Waals surface area (Å²) in [7, 11) is 0. The summed E-state index contributed by atoms with van der Waals surface area (Å²) in [6.45, 7) is 8.36. The Kier molecular flexibility index (Phi) is 8.40. The molecule has 2 saturated heterocycles. The predicted molar refractivity (Wildman–Crippen MR) is 114 cm³/mol. The van der Waals surface area contributed by atoms with Crippen LogP contribution in [0.5, 0.6) is 0 Å². The Morgan fingerprint density at radius 3 is 2.85 bits per heavy atom. The van der Waals surface area contributed by atoms with Crippen LogP contribution in [-0.4, -0.2) is 67.2 Å². The van der Waals surface area contributed by atoms with Crippen molar-refractivity contribution in [1.29, 1.82) is 0 Å². The number of morpholine rings is 1. The van der Waals surface area contributed by atoms with Crippen molar-refractivity contribution in [2.45, 2.75) is 44.9 Å². The molecule has 1 aliphatic carbocycles. The maximum Gasteiger partial charge on any atom is 0.253 e. The Morgan fingerprint density at radius 1 is 1.41 bits per heavy atom. The van der Waals surface area contributed by atoms with Crippen molar-refractivity contribution in [2.24, 2.45) is 5.41 Å². The van der Waals surface area contributed by atoms with E-state index in [2.05, 4.69) is 38.9 Å². The highest BCUT2D eigenvalue weighted by molar-refractivity contribution is 7.07.